The topological polar surface area (TPSA) is 65.7 Å². The van der Waals surface area contributed by atoms with Crippen LogP contribution in [0.4, 0.5) is 0 Å². The third kappa shape index (κ3) is 4.00. The zero-order valence-electron chi connectivity index (χ0n) is 15.1. The van der Waals surface area contributed by atoms with E-state index in [0.29, 0.717) is 27.3 Å². The summed E-state index contributed by atoms with van der Waals surface area (Å²) in [6.07, 6.45) is 0. The molecular weight excluding hydrogens is 392 g/mol. The number of hydrogen-bond donors (Lipinski definition) is 0. The van der Waals surface area contributed by atoms with Gasteiger partial charge in [0.25, 0.3) is 0 Å². The lowest BCUT2D eigenvalue weighted by molar-refractivity contribution is -0.136. The summed E-state index contributed by atoms with van der Waals surface area (Å²) in [4.78, 5) is 25.2. The van der Waals surface area contributed by atoms with Gasteiger partial charge in [-0.2, -0.15) is 0 Å². The highest BCUT2D eigenvalue weighted by molar-refractivity contribution is 6.32. The standard InChI is InChI=1S/C23H15ClO5/c24-17-11-5-7-13-19(17)27-14-20(25)29-22-16-10-4-6-12-18(16)28-23(26)21(22)15-8-2-1-3-9-15/h1-13H,14H2. The normalized spacial score (nSPS) is 10.7. The molecule has 4 aromatic rings. The molecule has 0 radical (unpaired) electrons. The fourth-order valence-electron chi connectivity index (χ4n) is 2.92. The number of hydrogen-bond acceptors (Lipinski definition) is 5. The first-order valence-corrected chi connectivity index (χ1v) is 9.20. The van der Waals surface area contributed by atoms with Crippen LogP contribution in [0.25, 0.3) is 22.1 Å². The van der Waals surface area contributed by atoms with Crippen LogP contribution >= 0.6 is 11.6 Å². The number of para-hydroxylation sites is 2. The van der Waals surface area contributed by atoms with Gasteiger partial charge in [0.1, 0.15) is 16.9 Å². The number of benzene rings is 3. The molecule has 0 aliphatic heterocycles. The van der Waals surface area contributed by atoms with Crippen molar-refractivity contribution in [1.29, 1.82) is 0 Å². The maximum absolute atomic E-state index is 12.7. The van der Waals surface area contributed by atoms with E-state index in [9.17, 15) is 9.59 Å². The maximum Gasteiger partial charge on any atom is 0.349 e. The average molecular weight is 407 g/mol. The van der Waals surface area contributed by atoms with Gasteiger partial charge in [-0.1, -0.05) is 66.2 Å². The molecule has 5 nitrogen and oxygen atoms in total. The van der Waals surface area contributed by atoms with Crippen molar-refractivity contribution in [3.63, 3.8) is 0 Å². The summed E-state index contributed by atoms with van der Waals surface area (Å²) in [6, 6.07) is 22.6. The van der Waals surface area contributed by atoms with Gasteiger partial charge < -0.3 is 13.9 Å². The van der Waals surface area contributed by atoms with Gasteiger partial charge in [0.05, 0.1) is 10.4 Å². The van der Waals surface area contributed by atoms with Crippen LogP contribution in [0.1, 0.15) is 0 Å². The van der Waals surface area contributed by atoms with Crippen molar-refractivity contribution in [1.82, 2.24) is 0 Å². The highest BCUT2D eigenvalue weighted by atomic mass is 35.5. The number of rotatable bonds is 5. The summed E-state index contributed by atoms with van der Waals surface area (Å²) in [5, 5.41) is 0.896. The highest BCUT2D eigenvalue weighted by Crippen LogP contribution is 2.34. The molecule has 0 bridgehead atoms. The molecule has 1 aromatic heterocycles. The van der Waals surface area contributed by atoms with Crippen LogP contribution in [-0.4, -0.2) is 12.6 Å². The van der Waals surface area contributed by atoms with Gasteiger partial charge in [-0.15, -0.1) is 0 Å². The third-order valence-electron chi connectivity index (χ3n) is 4.23. The molecule has 0 unspecified atom stereocenters. The second kappa shape index (κ2) is 8.20. The van der Waals surface area contributed by atoms with E-state index in [0.717, 1.165) is 0 Å². The van der Waals surface area contributed by atoms with E-state index in [1.165, 1.54) is 0 Å². The number of carbonyl (C=O) groups excluding carboxylic acids is 1. The molecule has 29 heavy (non-hydrogen) atoms. The zero-order valence-corrected chi connectivity index (χ0v) is 15.9. The molecule has 4 rings (SSSR count). The smallest absolute Gasteiger partial charge is 0.349 e. The van der Waals surface area contributed by atoms with E-state index >= 15 is 0 Å². The predicted octanol–water partition coefficient (Wildman–Crippen LogP) is 5.10. The van der Waals surface area contributed by atoms with Crippen LogP contribution in [0.3, 0.4) is 0 Å². The Morgan fingerprint density at radius 1 is 0.897 bits per heavy atom. The summed E-state index contributed by atoms with van der Waals surface area (Å²) < 4.78 is 16.5. The Morgan fingerprint density at radius 2 is 1.59 bits per heavy atom. The average Bonchev–Trinajstić information content (AvgIpc) is 2.74. The van der Waals surface area contributed by atoms with Gasteiger partial charge in [0.15, 0.2) is 12.4 Å². The minimum atomic E-state index is -0.669. The minimum Gasteiger partial charge on any atom is -0.480 e. The Bertz CT molecular complexity index is 1230. The van der Waals surface area contributed by atoms with Crippen LogP contribution in [0, 0.1) is 0 Å². The number of esters is 1. The molecule has 0 fully saturated rings. The van der Waals surface area contributed by atoms with Crippen molar-refractivity contribution in [3.05, 3.63) is 94.3 Å². The fraction of sp³-hybridized carbons (Fsp3) is 0.0435. The first-order chi connectivity index (χ1) is 14.1. The molecule has 1 heterocycles. The van der Waals surface area contributed by atoms with Crippen molar-refractivity contribution >= 4 is 28.5 Å². The highest BCUT2D eigenvalue weighted by Gasteiger charge is 2.20. The van der Waals surface area contributed by atoms with E-state index < -0.39 is 11.6 Å². The molecule has 0 atom stereocenters. The van der Waals surface area contributed by atoms with E-state index in [4.69, 9.17) is 25.5 Å². The number of halogens is 1. The lowest BCUT2D eigenvalue weighted by atomic mass is 10.0. The van der Waals surface area contributed by atoms with Gasteiger partial charge in [0, 0.05) is 0 Å². The lowest BCUT2D eigenvalue weighted by Crippen LogP contribution is -2.19. The third-order valence-corrected chi connectivity index (χ3v) is 4.54. The van der Waals surface area contributed by atoms with Gasteiger partial charge in [0.2, 0.25) is 0 Å². The molecule has 3 aromatic carbocycles. The van der Waals surface area contributed by atoms with Gasteiger partial charge in [-0.3, -0.25) is 0 Å². The first kappa shape index (κ1) is 18.8. The lowest BCUT2D eigenvalue weighted by Gasteiger charge is -2.13. The summed E-state index contributed by atoms with van der Waals surface area (Å²) >= 11 is 6.04. The van der Waals surface area contributed by atoms with Crippen LogP contribution in [-0.2, 0) is 4.79 Å². The molecule has 0 amide bonds. The number of carbonyl (C=O) groups is 1. The molecule has 0 saturated carbocycles. The molecule has 0 spiro atoms. The second-order valence-electron chi connectivity index (χ2n) is 6.15. The number of ether oxygens (including phenoxy) is 2. The quantitative estimate of drug-likeness (QED) is 0.341. The van der Waals surface area contributed by atoms with Gasteiger partial charge in [-0.05, 0) is 29.8 Å². The summed E-state index contributed by atoms with van der Waals surface area (Å²) in [5.41, 5.74) is 0.494. The van der Waals surface area contributed by atoms with E-state index in [1.54, 1.807) is 72.8 Å². The molecule has 6 heteroatoms. The summed E-state index contributed by atoms with van der Waals surface area (Å²) in [6.45, 7) is -0.369. The zero-order chi connectivity index (χ0) is 20.2. The molecule has 0 N–H and O–H groups in total. The van der Waals surface area contributed by atoms with Crippen molar-refractivity contribution in [2.45, 2.75) is 0 Å². The van der Waals surface area contributed by atoms with E-state index in [-0.39, 0.29) is 17.9 Å². The maximum atomic E-state index is 12.7. The van der Waals surface area contributed by atoms with Crippen molar-refractivity contribution in [2.75, 3.05) is 6.61 Å². The van der Waals surface area contributed by atoms with Crippen molar-refractivity contribution < 1.29 is 18.7 Å². The molecule has 0 saturated heterocycles. The van der Waals surface area contributed by atoms with Gasteiger partial charge in [-0.25, -0.2) is 9.59 Å². The Hall–Kier alpha value is -3.57. The largest absolute Gasteiger partial charge is 0.480 e. The van der Waals surface area contributed by atoms with Crippen LogP contribution < -0.4 is 15.1 Å². The van der Waals surface area contributed by atoms with Crippen molar-refractivity contribution in [2.24, 2.45) is 0 Å². The Morgan fingerprint density at radius 3 is 2.38 bits per heavy atom. The van der Waals surface area contributed by atoms with Crippen LogP contribution in [0.15, 0.2) is 88.1 Å². The van der Waals surface area contributed by atoms with Crippen LogP contribution in [0.5, 0.6) is 11.5 Å². The molecule has 144 valence electrons. The fourth-order valence-corrected chi connectivity index (χ4v) is 3.11. The summed E-state index contributed by atoms with van der Waals surface area (Å²) in [5.74, 6) is -0.166. The molecule has 0 aliphatic carbocycles. The second-order valence-corrected chi connectivity index (χ2v) is 6.56. The first-order valence-electron chi connectivity index (χ1n) is 8.83. The Labute approximate surface area is 171 Å². The van der Waals surface area contributed by atoms with E-state index in [2.05, 4.69) is 0 Å². The van der Waals surface area contributed by atoms with Crippen LogP contribution in [0.2, 0.25) is 5.02 Å². The van der Waals surface area contributed by atoms with Gasteiger partial charge >= 0.3 is 11.6 Å². The predicted molar refractivity (Wildman–Crippen MR) is 111 cm³/mol. The minimum absolute atomic E-state index is 0.135. The molecule has 0 aliphatic rings. The SMILES string of the molecule is O=C(COc1ccccc1Cl)Oc1c(-c2ccccc2)c(=O)oc2ccccc12. The Balaban J connectivity index is 1.71. The van der Waals surface area contributed by atoms with E-state index in [1.807, 2.05) is 6.07 Å². The summed E-state index contributed by atoms with van der Waals surface area (Å²) in [7, 11) is 0. The Kier molecular flexibility index (Phi) is 5.31. The number of fused-ring (bicyclic) bond motifs is 1. The monoisotopic (exact) mass is 406 g/mol. The van der Waals surface area contributed by atoms with Crippen molar-refractivity contribution in [3.8, 4) is 22.6 Å². The molecular formula is C23H15ClO5.